The van der Waals surface area contributed by atoms with E-state index in [0.717, 1.165) is 5.56 Å². The van der Waals surface area contributed by atoms with E-state index < -0.39 is 0 Å². The first kappa shape index (κ1) is 12.8. The molecule has 0 aliphatic rings. The summed E-state index contributed by atoms with van der Waals surface area (Å²) in [7, 11) is 1.62. The molecule has 2 rings (SSSR count). The maximum Gasteiger partial charge on any atom is 0.223 e. The lowest BCUT2D eigenvalue weighted by Gasteiger charge is -2.10. The van der Waals surface area contributed by atoms with Gasteiger partial charge in [0.05, 0.1) is 12.8 Å². The van der Waals surface area contributed by atoms with Crippen molar-refractivity contribution in [2.75, 3.05) is 20.3 Å². The first-order chi connectivity index (χ1) is 8.81. The SMILES string of the molecule is COCCOc1cnc(Cl)nc1-c1ccccc1. The van der Waals surface area contributed by atoms with E-state index in [1.165, 1.54) is 0 Å². The van der Waals surface area contributed by atoms with Gasteiger partial charge in [0.2, 0.25) is 5.28 Å². The first-order valence-electron chi connectivity index (χ1n) is 5.51. The zero-order valence-corrected chi connectivity index (χ0v) is 10.7. The van der Waals surface area contributed by atoms with E-state index in [9.17, 15) is 0 Å². The van der Waals surface area contributed by atoms with Crippen molar-refractivity contribution < 1.29 is 9.47 Å². The zero-order chi connectivity index (χ0) is 12.8. The van der Waals surface area contributed by atoms with Crippen LogP contribution in [0.4, 0.5) is 0 Å². The van der Waals surface area contributed by atoms with Crippen molar-refractivity contribution >= 4 is 11.6 Å². The third-order valence-corrected chi connectivity index (χ3v) is 2.50. The Bertz CT molecular complexity index is 506. The Morgan fingerprint density at radius 1 is 1.17 bits per heavy atom. The highest BCUT2D eigenvalue weighted by Crippen LogP contribution is 2.27. The Morgan fingerprint density at radius 2 is 1.94 bits per heavy atom. The average molecular weight is 265 g/mol. The molecule has 94 valence electrons. The van der Waals surface area contributed by atoms with Gasteiger partial charge in [-0.15, -0.1) is 0 Å². The summed E-state index contributed by atoms with van der Waals surface area (Å²) < 4.78 is 10.5. The highest BCUT2D eigenvalue weighted by molar-refractivity contribution is 6.28. The number of rotatable bonds is 5. The molecule has 0 atom stereocenters. The Balaban J connectivity index is 2.29. The Morgan fingerprint density at radius 3 is 2.67 bits per heavy atom. The molecule has 0 aliphatic carbocycles. The summed E-state index contributed by atoms with van der Waals surface area (Å²) in [5.41, 5.74) is 1.63. The van der Waals surface area contributed by atoms with Crippen molar-refractivity contribution in [1.82, 2.24) is 9.97 Å². The second-order valence-electron chi connectivity index (χ2n) is 3.56. The number of halogens is 1. The van der Waals surface area contributed by atoms with Crippen LogP contribution in [0.1, 0.15) is 0 Å². The maximum absolute atomic E-state index is 5.83. The Labute approximate surface area is 111 Å². The molecule has 18 heavy (non-hydrogen) atoms. The lowest BCUT2D eigenvalue weighted by molar-refractivity contribution is 0.146. The van der Waals surface area contributed by atoms with Gasteiger partial charge in [0.1, 0.15) is 12.3 Å². The topological polar surface area (TPSA) is 44.2 Å². The van der Waals surface area contributed by atoms with E-state index in [1.54, 1.807) is 13.3 Å². The van der Waals surface area contributed by atoms with Gasteiger partial charge in [0, 0.05) is 12.7 Å². The van der Waals surface area contributed by atoms with Gasteiger partial charge in [0.25, 0.3) is 0 Å². The van der Waals surface area contributed by atoms with E-state index in [0.29, 0.717) is 24.7 Å². The van der Waals surface area contributed by atoms with Crippen molar-refractivity contribution in [2.45, 2.75) is 0 Å². The molecule has 0 saturated carbocycles. The zero-order valence-electron chi connectivity index (χ0n) is 9.97. The van der Waals surface area contributed by atoms with Gasteiger partial charge in [-0.3, -0.25) is 0 Å². The fourth-order valence-electron chi connectivity index (χ4n) is 1.49. The van der Waals surface area contributed by atoms with Gasteiger partial charge in [-0.25, -0.2) is 9.97 Å². The predicted molar refractivity (Wildman–Crippen MR) is 69.8 cm³/mol. The standard InChI is InChI=1S/C13H13ClN2O2/c1-17-7-8-18-11-9-15-13(14)16-12(11)10-5-3-2-4-6-10/h2-6,9H,7-8H2,1H3. The molecule has 5 heteroatoms. The number of hydrogen-bond donors (Lipinski definition) is 0. The second kappa shape index (κ2) is 6.33. The van der Waals surface area contributed by atoms with Crippen molar-refractivity contribution in [3.8, 4) is 17.0 Å². The summed E-state index contributed by atoms with van der Waals surface area (Å²) in [5.74, 6) is 0.600. The van der Waals surface area contributed by atoms with Gasteiger partial charge in [-0.05, 0) is 11.6 Å². The third-order valence-electron chi connectivity index (χ3n) is 2.32. The van der Waals surface area contributed by atoms with Crippen molar-refractivity contribution in [3.05, 3.63) is 41.8 Å². The molecule has 0 saturated heterocycles. The van der Waals surface area contributed by atoms with Crippen LogP contribution in [0.2, 0.25) is 5.28 Å². The number of aromatic nitrogens is 2. The van der Waals surface area contributed by atoms with Crippen molar-refractivity contribution in [1.29, 1.82) is 0 Å². The van der Waals surface area contributed by atoms with E-state index >= 15 is 0 Å². The first-order valence-corrected chi connectivity index (χ1v) is 5.89. The van der Waals surface area contributed by atoms with Crippen molar-refractivity contribution in [2.24, 2.45) is 0 Å². The normalized spacial score (nSPS) is 10.3. The molecular weight excluding hydrogens is 252 g/mol. The second-order valence-corrected chi connectivity index (χ2v) is 3.90. The monoisotopic (exact) mass is 264 g/mol. The number of benzene rings is 1. The molecule has 2 aromatic rings. The fourth-order valence-corrected chi connectivity index (χ4v) is 1.63. The Hall–Kier alpha value is -1.65. The van der Waals surface area contributed by atoms with Gasteiger partial charge >= 0.3 is 0 Å². The van der Waals surface area contributed by atoms with Crippen LogP contribution in [0.15, 0.2) is 36.5 Å². The van der Waals surface area contributed by atoms with Gasteiger partial charge in [0.15, 0.2) is 5.75 Å². The number of hydrogen-bond acceptors (Lipinski definition) is 4. The minimum atomic E-state index is 0.202. The quantitative estimate of drug-likeness (QED) is 0.615. The largest absolute Gasteiger partial charge is 0.487 e. The average Bonchev–Trinajstić information content (AvgIpc) is 2.41. The molecule has 0 N–H and O–H groups in total. The van der Waals surface area contributed by atoms with E-state index in [-0.39, 0.29) is 5.28 Å². The highest BCUT2D eigenvalue weighted by atomic mass is 35.5. The summed E-state index contributed by atoms with van der Waals surface area (Å²) in [5, 5.41) is 0.202. The van der Waals surface area contributed by atoms with E-state index in [4.69, 9.17) is 21.1 Å². The van der Waals surface area contributed by atoms with Gasteiger partial charge < -0.3 is 9.47 Å². The van der Waals surface area contributed by atoms with Crippen LogP contribution in [-0.2, 0) is 4.74 Å². The Kier molecular flexibility index (Phi) is 4.50. The molecule has 1 aromatic carbocycles. The molecule has 0 bridgehead atoms. The smallest absolute Gasteiger partial charge is 0.223 e. The number of ether oxygens (including phenoxy) is 2. The molecule has 0 spiro atoms. The van der Waals surface area contributed by atoms with Gasteiger partial charge in [-0.1, -0.05) is 30.3 Å². The molecular formula is C13H13ClN2O2. The van der Waals surface area contributed by atoms with E-state index in [1.807, 2.05) is 30.3 Å². The van der Waals surface area contributed by atoms with Crippen LogP contribution in [-0.4, -0.2) is 30.3 Å². The summed E-state index contributed by atoms with van der Waals surface area (Å²) in [6.45, 7) is 0.957. The fraction of sp³-hybridized carbons (Fsp3) is 0.231. The lowest BCUT2D eigenvalue weighted by Crippen LogP contribution is -2.06. The lowest BCUT2D eigenvalue weighted by atomic mass is 10.1. The van der Waals surface area contributed by atoms with Crippen LogP contribution in [0.3, 0.4) is 0 Å². The van der Waals surface area contributed by atoms with Crippen LogP contribution < -0.4 is 4.74 Å². The minimum absolute atomic E-state index is 0.202. The molecule has 1 aromatic heterocycles. The molecule has 0 fully saturated rings. The highest BCUT2D eigenvalue weighted by Gasteiger charge is 2.09. The van der Waals surface area contributed by atoms with Crippen LogP contribution in [0.25, 0.3) is 11.3 Å². The summed E-state index contributed by atoms with van der Waals surface area (Å²) in [6.07, 6.45) is 1.58. The number of nitrogens with zero attached hydrogens (tertiary/aromatic N) is 2. The summed E-state index contributed by atoms with van der Waals surface area (Å²) in [4.78, 5) is 8.14. The minimum Gasteiger partial charge on any atom is -0.487 e. The van der Waals surface area contributed by atoms with Crippen molar-refractivity contribution in [3.63, 3.8) is 0 Å². The summed E-state index contributed by atoms with van der Waals surface area (Å²) >= 11 is 5.83. The molecule has 0 radical (unpaired) electrons. The molecule has 1 heterocycles. The van der Waals surface area contributed by atoms with Crippen LogP contribution in [0.5, 0.6) is 5.75 Å². The van der Waals surface area contributed by atoms with Crippen LogP contribution >= 0.6 is 11.6 Å². The number of methoxy groups -OCH3 is 1. The molecule has 0 aliphatic heterocycles. The predicted octanol–water partition coefficient (Wildman–Crippen LogP) is 2.82. The third kappa shape index (κ3) is 3.18. The van der Waals surface area contributed by atoms with Crippen LogP contribution in [0, 0.1) is 0 Å². The molecule has 4 nitrogen and oxygen atoms in total. The molecule has 0 amide bonds. The van der Waals surface area contributed by atoms with Gasteiger partial charge in [-0.2, -0.15) is 0 Å². The maximum atomic E-state index is 5.83. The van der Waals surface area contributed by atoms with E-state index in [2.05, 4.69) is 9.97 Å². The summed E-state index contributed by atoms with van der Waals surface area (Å²) in [6, 6.07) is 9.70. The molecule has 0 unspecified atom stereocenters.